The molecule has 1 rings (SSSR count). The molecular weight excluding hydrogens is 144 g/mol. The fourth-order valence-corrected chi connectivity index (χ4v) is 0.503. The van der Waals surface area contributed by atoms with Gasteiger partial charge in [0.05, 0.1) is 17.4 Å². The highest BCUT2D eigenvalue weighted by Gasteiger charge is 1.86. The number of rotatable bonds is 0. The molecule has 0 atom stereocenters. The Hall–Kier alpha value is -0.410. The van der Waals surface area contributed by atoms with Gasteiger partial charge in [-0.1, -0.05) is 11.6 Å². The van der Waals surface area contributed by atoms with Gasteiger partial charge in [-0.05, 0) is 12.6 Å². The van der Waals surface area contributed by atoms with Crippen LogP contribution in [-0.4, -0.2) is 9.97 Å². The standard InChI is InChI=1S/C4H2ClN2S/c5-3-1-6-4(8)7-2-3/h1-2H. The van der Waals surface area contributed by atoms with Gasteiger partial charge in [0.15, 0.2) is 0 Å². The molecule has 0 aromatic carbocycles. The van der Waals surface area contributed by atoms with E-state index in [1.165, 1.54) is 12.4 Å². The molecule has 1 aromatic heterocycles. The molecule has 41 valence electrons. The van der Waals surface area contributed by atoms with Crippen LogP contribution < -0.4 is 0 Å². The van der Waals surface area contributed by atoms with Gasteiger partial charge in [-0.3, -0.25) is 0 Å². The normalized spacial score (nSPS) is 9.12. The van der Waals surface area contributed by atoms with E-state index in [1.54, 1.807) is 0 Å². The van der Waals surface area contributed by atoms with E-state index >= 15 is 0 Å². The zero-order valence-corrected chi connectivity index (χ0v) is 5.41. The molecule has 0 aliphatic carbocycles. The Bertz CT molecular complexity index is 153. The van der Waals surface area contributed by atoms with Crippen LogP contribution >= 0.6 is 24.2 Å². The predicted molar refractivity (Wildman–Crippen MR) is 32.9 cm³/mol. The van der Waals surface area contributed by atoms with E-state index in [0.29, 0.717) is 10.2 Å². The van der Waals surface area contributed by atoms with Gasteiger partial charge in [0.25, 0.3) is 0 Å². The van der Waals surface area contributed by atoms with Crippen LogP contribution in [0.3, 0.4) is 0 Å². The maximum atomic E-state index is 5.44. The maximum Gasteiger partial charge on any atom is 0.219 e. The molecule has 0 saturated carbocycles. The summed E-state index contributed by atoms with van der Waals surface area (Å²) in [5, 5.41) is 0.841. The largest absolute Gasteiger partial charge is 0.225 e. The Morgan fingerprint density at radius 3 is 2.25 bits per heavy atom. The minimum absolute atomic E-state index is 0.328. The number of aromatic nitrogens is 2. The fourth-order valence-electron chi connectivity index (χ4n) is 0.300. The number of halogens is 1. The van der Waals surface area contributed by atoms with Gasteiger partial charge in [0.2, 0.25) is 5.16 Å². The molecule has 0 spiro atoms. The number of hydrogen-bond donors (Lipinski definition) is 0. The molecule has 2 nitrogen and oxygen atoms in total. The highest BCUT2D eigenvalue weighted by Crippen LogP contribution is 2.03. The Morgan fingerprint density at radius 1 is 1.38 bits per heavy atom. The van der Waals surface area contributed by atoms with Crippen molar-refractivity contribution in [3.63, 3.8) is 0 Å². The van der Waals surface area contributed by atoms with E-state index in [4.69, 9.17) is 11.6 Å². The summed E-state index contributed by atoms with van der Waals surface area (Å²) < 4.78 is 0. The molecule has 4 heteroatoms. The smallest absolute Gasteiger partial charge is 0.219 e. The number of nitrogens with zero attached hydrogens (tertiary/aromatic N) is 2. The molecule has 0 bridgehead atoms. The second-order valence-electron chi connectivity index (χ2n) is 1.18. The van der Waals surface area contributed by atoms with Gasteiger partial charge in [-0.2, -0.15) is 0 Å². The average molecular weight is 146 g/mol. The van der Waals surface area contributed by atoms with Crippen molar-refractivity contribution in [2.24, 2.45) is 0 Å². The Kier molecular flexibility index (Phi) is 1.60. The number of hydrogen-bond acceptors (Lipinski definition) is 2. The lowest BCUT2D eigenvalue weighted by atomic mass is 10.7. The SMILES string of the molecule is [S]c1ncc(Cl)cn1. The molecule has 1 aromatic rings. The van der Waals surface area contributed by atoms with Gasteiger partial charge in [-0.25, -0.2) is 9.97 Å². The summed E-state index contributed by atoms with van der Waals surface area (Å²) in [6.45, 7) is 0. The van der Waals surface area contributed by atoms with Gasteiger partial charge in [0, 0.05) is 0 Å². The third-order valence-corrected chi connectivity index (χ3v) is 1.00. The van der Waals surface area contributed by atoms with Crippen molar-refractivity contribution in [1.82, 2.24) is 9.97 Å². The summed E-state index contributed by atoms with van der Waals surface area (Å²) in [5.41, 5.74) is 0. The average Bonchev–Trinajstić information content (AvgIpc) is 1.77. The van der Waals surface area contributed by atoms with Crippen LogP contribution in [0.5, 0.6) is 0 Å². The Morgan fingerprint density at radius 2 is 1.88 bits per heavy atom. The Balaban J connectivity index is 3.03. The van der Waals surface area contributed by atoms with Gasteiger partial charge >= 0.3 is 0 Å². The van der Waals surface area contributed by atoms with Crippen LogP contribution in [0.2, 0.25) is 5.02 Å². The lowest BCUT2D eigenvalue weighted by Gasteiger charge is -1.84. The first-order valence-electron chi connectivity index (χ1n) is 1.93. The minimum atomic E-state index is 0.328. The van der Waals surface area contributed by atoms with Crippen molar-refractivity contribution >= 4 is 24.2 Å². The fraction of sp³-hybridized carbons (Fsp3) is 0. The van der Waals surface area contributed by atoms with Crippen LogP contribution in [0.1, 0.15) is 0 Å². The third kappa shape index (κ3) is 1.28. The van der Waals surface area contributed by atoms with E-state index in [-0.39, 0.29) is 0 Å². The predicted octanol–water partition coefficient (Wildman–Crippen LogP) is 1.69. The quantitative estimate of drug-likeness (QED) is 0.520. The van der Waals surface area contributed by atoms with Crippen LogP contribution in [-0.2, 0) is 0 Å². The highest BCUT2D eigenvalue weighted by molar-refractivity contribution is 7.80. The van der Waals surface area contributed by atoms with Crippen molar-refractivity contribution in [2.75, 3.05) is 0 Å². The van der Waals surface area contributed by atoms with Gasteiger partial charge in [0.1, 0.15) is 0 Å². The van der Waals surface area contributed by atoms with Crippen molar-refractivity contribution < 1.29 is 0 Å². The van der Waals surface area contributed by atoms with E-state index < -0.39 is 0 Å². The molecule has 1 heterocycles. The molecule has 0 fully saturated rings. The highest BCUT2D eigenvalue weighted by atomic mass is 35.5. The molecule has 0 aliphatic heterocycles. The zero-order chi connectivity index (χ0) is 5.98. The van der Waals surface area contributed by atoms with Crippen molar-refractivity contribution in [2.45, 2.75) is 5.16 Å². The Labute approximate surface area is 57.3 Å². The lowest BCUT2D eigenvalue weighted by molar-refractivity contribution is 0.975. The topological polar surface area (TPSA) is 25.8 Å². The molecular formula is C4H2ClN2S. The van der Waals surface area contributed by atoms with E-state index in [9.17, 15) is 0 Å². The second kappa shape index (κ2) is 2.24. The maximum absolute atomic E-state index is 5.44. The minimum Gasteiger partial charge on any atom is -0.225 e. The molecule has 1 radical (unpaired) electrons. The first kappa shape index (κ1) is 5.72. The molecule has 0 N–H and O–H groups in total. The molecule has 0 aliphatic rings. The molecule has 0 amide bonds. The summed E-state index contributed by atoms with van der Waals surface area (Å²) in [5.74, 6) is 0. The first-order valence-corrected chi connectivity index (χ1v) is 2.72. The summed E-state index contributed by atoms with van der Waals surface area (Å²) in [7, 11) is 0. The molecule has 0 unspecified atom stereocenters. The van der Waals surface area contributed by atoms with Crippen LogP contribution in [0.15, 0.2) is 17.6 Å². The van der Waals surface area contributed by atoms with E-state index in [2.05, 4.69) is 22.6 Å². The van der Waals surface area contributed by atoms with Gasteiger partial charge < -0.3 is 0 Å². The van der Waals surface area contributed by atoms with Crippen LogP contribution in [0, 0.1) is 0 Å². The van der Waals surface area contributed by atoms with Crippen LogP contribution in [0.4, 0.5) is 0 Å². The summed E-state index contributed by atoms with van der Waals surface area (Å²) in [6, 6.07) is 0. The van der Waals surface area contributed by atoms with Crippen molar-refractivity contribution in [1.29, 1.82) is 0 Å². The summed E-state index contributed by atoms with van der Waals surface area (Å²) in [4.78, 5) is 7.30. The van der Waals surface area contributed by atoms with E-state index in [1.807, 2.05) is 0 Å². The molecule has 0 saturated heterocycles. The summed E-state index contributed by atoms with van der Waals surface area (Å²) in [6.07, 6.45) is 2.94. The second-order valence-corrected chi connectivity index (χ2v) is 1.99. The van der Waals surface area contributed by atoms with Crippen molar-refractivity contribution in [3.8, 4) is 0 Å². The summed E-state index contributed by atoms with van der Waals surface area (Å²) >= 11 is 10.0. The molecule has 8 heavy (non-hydrogen) atoms. The first-order chi connectivity index (χ1) is 3.79. The van der Waals surface area contributed by atoms with Crippen molar-refractivity contribution in [3.05, 3.63) is 17.4 Å². The van der Waals surface area contributed by atoms with Gasteiger partial charge in [-0.15, -0.1) is 0 Å². The monoisotopic (exact) mass is 145 g/mol. The lowest BCUT2D eigenvalue weighted by Crippen LogP contribution is -1.78. The zero-order valence-electron chi connectivity index (χ0n) is 3.84. The van der Waals surface area contributed by atoms with Crippen LogP contribution in [0.25, 0.3) is 0 Å². The third-order valence-electron chi connectivity index (χ3n) is 0.597. The van der Waals surface area contributed by atoms with E-state index in [0.717, 1.165) is 0 Å².